The number of aliphatic hydroxyl groups excluding tert-OH is 1. The highest BCUT2D eigenvalue weighted by atomic mass is 16.3. The molecule has 1 aliphatic carbocycles. The second-order valence-corrected chi connectivity index (χ2v) is 7.19. The van der Waals surface area contributed by atoms with Gasteiger partial charge in [0.2, 0.25) is 0 Å². The van der Waals surface area contributed by atoms with Gasteiger partial charge in [-0.05, 0) is 37.7 Å². The van der Waals surface area contributed by atoms with Crippen LogP contribution < -0.4 is 5.32 Å². The van der Waals surface area contributed by atoms with Gasteiger partial charge in [0.1, 0.15) is 0 Å². The molecule has 1 saturated heterocycles. The first-order chi connectivity index (χ1) is 11.7. The minimum absolute atomic E-state index is 0.00425. The van der Waals surface area contributed by atoms with E-state index in [9.17, 15) is 9.90 Å². The summed E-state index contributed by atoms with van der Waals surface area (Å²) in [5.74, 6) is 0.841. The lowest BCUT2D eigenvalue weighted by atomic mass is 10.1. The molecule has 24 heavy (non-hydrogen) atoms. The third kappa shape index (κ3) is 4.71. The standard InChI is InChI=1S/C19H29N3O2/c1-15-2-4-16(5-3-15)12-20-19(24)22-10-9-21(13-17-6-7-17)18(14-22)8-11-23/h2-5,17-18,23H,6-14H2,1H3,(H,20,24). The van der Waals surface area contributed by atoms with Crippen LogP contribution in [0.25, 0.3) is 0 Å². The zero-order valence-electron chi connectivity index (χ0n) is 14.6. The summed E-state index contributed by atoms with van der Waals surface area (Å²) >= 11 is 0. The van der Waals surface area contributed by atoms with Crippen LogP contribution in [0.3, 0.4) is 0 Å². The molecular formula is C19H29N3O2. The summed E-state index contributed by atoms with van der Waals surface area (Å²) in [6.45, 7) is 6.34. The number of hydrogen-bond donors (Lipinski definition) is 2. The fourth-order valence-electron chi connectivity index (χ4n) is 3.37. The number of nitrogens with one attached hydrogen (secondary N) is 1. The fraction of sp³-hybridized carbons (Fsp3) is 0.632. The zero-order chi connectivity index (χ0) is 16.9. The molecule has 2 amide bonds. The van der Waals surface area contributed by atoms with Crippen molar-refractivity contribution in [1.29, 1.82) is 0 Å². The Labute approximate surface area is 144 Å². The second-order valence-electron chi connectivity index (χ2n) is 7.19. The van der Waals surface area contributed by atoms with Crippen molar-refractivity contribution in [3.05, 3.63) is 35.4 Å². The highest BCUT2D eigenvalue weighted by molar-refractivity contribution is 5.74. The van der Waals surface area contributed by atoms with Gasteiger partial charge in [-0.25, -0.2) is 4.79 Å². The molecule has 0 aromatic heterocycles. The van der Waals surface area contributed by atoms with Crippen molar-refractivity contribution in [1.82, 2.24) is 15.1 Å². The van der Waals surface area contributed by atoms with E-state index in [4.69, 9.17) is 0 Å². The molecule has 1 atom stereocenters. The topological polar surface area (TPSA) is 55.8 Å². The van der Waals surface area contributed by atoms with Crippen molar-refractivity contribution >= 4 is 6.03 Å². The predicted octanol–water partition coefficient (Wildman–Crippen LogP) is 1.98. The highest BCUT2D eigenvalue weighted by Crippen LogP contribution is 2.31. The van der Waals surface area contributed by atoms with Crippen molar-refractivity contribution in [3.63, 3.8) is 0 Å². The van der Waals surface area contributed by atoms with E-state index in [2.05, 4.69) is 41.4 Å². The lowest BCUT2D eigenvalue weighted by Crippen LogP contribution is -2.57. The number of benzene rings is 1. The number of carbonyl (C=O) groups excluding carboxylic acids is 1. The summed E-state index contributed by atoms with van der Waals surface area (Å²) < 4.78 is 0. The molecule has 0 spiro atoms. The number of carbonyl (C=O) groups is 1. The number of aliphatic hydroxyl groups is 1. The Morgan fingerprint density at radius 1 is 1.25 bits per heavy atom. The van der Waals surface area contributed by atoms with Crippen molar-refractivity contribution in [2.45, 2.75) is 38.8 Å². The first-order valence-corrected chi connectivity index (χ1v) is 9.09. The van der Waals surface area contributed by atoms with Gasteiger partial charge in [-0.3, -0.25) is 4.90 Å². The summed E-state index contributed by atoms with van der Waals surface area (Å²) in [5.41, 5.74) is 2.34. The Balaban J connectivity index is 1.50. The Bertz CT molecular complexity index is 542. The van der Waals surface area contributed by atoms with Crippen LogP contribution in [0.2, 0.25) is 0 Å². The van der Waals surface area contributed by atoms with Crippen molar-refractivity contribution in [2.24, 2.45) is 5.92 Å². The average molecular weight is 331 g/mol. The summed E-state index contributed by atoms with van der Waals surface area (Å²) in [5, 5.41) is 12.4. The Kier molecular flexibility index (Phi) is 5.74. The normalized spacial score (nSPS) is 21.8. The molecule has 1 saturated carbocycles. The quantitative estimate of drug-likeness (QED) is 0.838. The van der Waals surface area contributed by atoms with Gasteiger partial charge >= 0.3 is 6.03 Å². The maximum absolute atomic E-state index is 12.5. The maximum Gasteiger partial charge on any atom is 0.317 e. The fourth-order valence-corrected chi connectivity index (χ4v) is 3.37. The van der Waals surface area contributed by atoms with Gasteiger partial charge in [0.05, 0.1) is 0 Å². The highest BCUT2D eigenvalue weighted by Gasteiger charge is 2.33. The summed E-state index contributed by atoms with van der Waals surface area (Å²) in [7, 11) is 0. The average Bonchev–Trinajstić information content (AvgIpc) is 3.40. The van der Waals surface area contributed by atoms with E-state index >= 15 is 0 Å². The first-order valence-electron chi connectivity index (χ1n) is 9.09. The van der Waals surface area contributed by atoms with Crippen LogP contribution in [0.15, 0.2) is 24.3 Å². The molecule has 2 aliphatic rings. The Morgan fingerprint density at radius 3 is 2.67 bits per heavy atom. The molecule has 5 heteroatoms. The smallest absolute Gasteiger partial charge is 0.317 e. The predicted molar refractivity (Wildman–Crippen MR) is 94.8 cm³/mol. The molecule has 132 valence electrons. The molecule has 0 bridgehead atoms. The molecule has 2 fully saturated rings. The van der Waals surface area contributed by atoms with E-state index in [1.165, 1.54) is 18.4 Å². The number of piperazine rings is 1. The molecular weight excluding hydrogens is 302 g/mol. The first kappa shape index (κ1) is 17.2. The number of rotatable bonds is 6. The van der Waals surface area contributed by atoms with Gasteiger partial charge in [-0.1, -0.05) is 29.8 Å². The number of urea groups is 1. The summed E-state index contributed by atoms with van der Waals surface area (Å²) in [4.78, 5) is 16.8. The monoisotopic (exact) mass is 331 g/mol. The Hall–Kier alpha value is -1.59. The molecule has 1 aliphatic heterocycles. The van der Waals surface area contributed by atoms with Gasteiger partial charge in [0.15, 0.2) is 0 Å². The summed E-state index contributed by atoms with van der Waals surface area (Å²) in [6.07, 6.45) is 3.42. The third-order valence-corrected chi connectivity index (χ3v) is 5.11. The molecule has 2 N–H and O–H groups in total. The van der Waals surface area contributed by atoms with E-state index in [0.717, 1.165) is 37.5 Å². The molecule has 5 nitrogen and oxygen atoms in total. The lowest BCUT2D eigenvalue weighted by molar-refractivity contribution is 0.0703. The largest absolute Gasteiger partial charge is 0.396 e. The molecule has 1 aromatic carbocycles. The molecule has 1 unspecified atom stereocenters. The lowest BCUT2D eigenvalue weighted by Gasteiger charge is -2.41. The van der Waals surface area contributed by atoms with Crippen molar-refractivity contribution < 1.29 is 9.90 Å². The van der Waals surface area contributed by atoms with Crippen LogP contribution in [-0.2, 0) is 6.54 Å². The number of nitrogens with zero attached hydrogens (tertiary/aromatic N) is 2. The van der Waals surface area contributed by atoms with Gasteiger partial charge in [-0.2, -0.15) is 0 Å². The van der Waals surface area contributed by atoms with E-state index in [-0.39, 0.29) is 18.7 Å². The van der Waals surface area contributed by atoms with E-state index in [1.54, 1.807) is 0 Å². The van der Waals surface area contributed by atoms with Gasteiger partial charge < -0.3 is 15.3 Å². The minimum Gasteiger partial charge on any atom is -0.396 e. The Morgan fingerprint density at radius 2 is 2.00 bits per heavy atom. The third-order valence-electron chi connectivity index (χ3n) is 5.11. The summed E-state index contributed by atoms with van der Waals surface area (Å²) in [6, 6.07) is 8.53. The van der Waals surface area contributed by atoms with E-state index < -0.39 is 0 Å². The maximum atomic E-state index is 12.5. The van der Waals surface area contributed by atoms with Gasteiger partial charge in [0.25, 0.3) is 0 Å². The van der Waals surface area contributed by atoms with Crippen molar-refractivity contribution in [3.8, 4) is 0 Å². The molecule has 1 aromatic rings. The van der Waals surface area contributed by atoms with Crippen LogP contribution in [0.1, 0.15) is 30.4 Å². The molecule has 3 rings (SSSR count). The SMILES string of the molecule is Cc1ccc(CNC(=O)N2CCN(CC3CC3)C(CCO)C2)cc1. The van der Waals surface area contributed by atoms with Crippen molar-refractivity contribution in [2.75, 3.05) is 32.8 Å². The van der Waals surface area contributed by atoms with Crippen LogP contribution in [-0.4, -0.2) is 59.8 Å². The van der Waals surface area contributed by atoms with E-state index in [0.29, 0.717) is 13.1 Å². The number of amides is 2. The second kappa shape index (κ2) is 7.99. The van der Waals surface area contributed by atoms with Crippen LogP contribution in [0.5, 0.6) is 0 Å². The van der Waals surface area contributed by atoms with Crippen LogP contribution >= 0.6 is 0 Å². The molecule has 0 radical (unpaired) electrons. The number of hydrogen-bond acceptors (Lipinski definition) is 3. The van der Waals surface area contributed by atoms with E-state index in [1.807, 2.05) is 4.90 Å². The van der Waals surface area contributed by atoms with Crippen LogP contribution in [0, 0.1) is 12.8 Å². The molecule has 1 heterocycles. The number of aryl methyl sites for hydroxylation is 1. The minimum atomic E-state index is 0.00425. The van der Waals surface area contributed by atoms with Crippen LogP contribution in [0.4, 0.5) is 4.79 Å². The van der Waals surface area contributed by atoms with Gasteiger partial charge in [0, 0.05) is 45.4 Å². The van der Waals surface area contributed by atoms with Gasteiger partial charge in [-0.15, -0.1) is 0 Å². The zero-order valence-corrected chi connectivity index (χ0v) is 14.6.